The molecule has 0 aliphatic carbocycles. The summed E-state index contributed by atoms with van der Waals surface area (Å²) < 4.78 is 21.8. The minimum atomic E-state index is -1.30. The summed E-state index contributed by atoms with van der Waals surface area (Å²) in [5.41, 5.74) is 0.924. The molecular formula is C22H24FN5O4. The molecule has 0 aliphatic rings. The van der Waals surface area contributed by atoms with Crippen LogP contribution in [0.1, 0.15) is 29.4 Å². The number of pyridine rings is 1. The quantitative estimate of drug-likeness (QED) is 0.484. The first kappa shape index (κ1) is 22.9. The van der Waals surface area contributed by atoms with Gasteiger partial charge in [0.1, 0.15) is 6.17 Å². The Labute approximate surface area is 183 Å². The van der Waals surface area contributed by atoms with Crippen molar-refractivity contribution in [3.05, 3.63) is 76.5 Å². The molecule has 0 bridgehead atoms. The number of hydrogen-bond acceptors (Lipinski definition) is 6. The number of halogens is 1. The summed E-state index contributed by atoms with van der Waals surface area (Å²) in [6, 6.07) is 12.2. The van der Waals surface area contributed by atoms with Gasteiger partial charge in [-0.15, -0.1) is 5.10 Å². The molecule has 0 radical (unpaired) electrons. The molecule has 10 heteroatoms. The van der Waals surface area contributed by atoms with Gasteiger partial charge in [0.05, 0.1) is 25.8 Å². The Morgan fingerprint density at radius 2 is 2.00 bits per heavy atom. The van der Waals surface area contributed by atoms with Crippen molar-refractivity contribution in [2.75, 3.05) is 11.9 Å². The molecule has 0 fully saturated rings. The Morgan fingerprint density at radius 1 is 1.22 bits per heavy atom. The highest BCUT2D eigenvalue weighted by Crippen LogP contribution is 2.08. The van der Waals surface area contributed by atoms with E-state index in [-0.39, 0.29) is 49.7 Å². The lowest BCUT2D eigenvalue weighted by atomic mass is 10.1. The Balaban J connectivity index is 1.49. The van der Waals surface area contributed by atoms with Gasteiger partial charge >= 0.3 is 5.97 Å². The van der Waals surface area contributed by atoms with Crippen molar-refractivity contribution in [2.24, 2.45) is 0 Å². The number of alkyl halides is 1. The molecule has 0 aliphatic heterocycles. The number of aromatic nitrogens is 4. The number of nitrogens with one attached hydrogen (secondary N) is 1. The molecule has 0 spiro atoms. The second-order valence-corrected chi connectivity index (χ2v) is 7.09. The lowest BCUT2D eigenvalue weighted by molar-refractivity contribution is -0.115. The number of amides is 1. The molecule has 3 rings (SSSR count). The lowest BCUT2D eigenvalue weighted by Gasteiger charge is -2.11. The summed E-state index contributed by atoms with van der Waals surface area (Å²) in [6.07, 6.45) is 1.80. The summed E-state index contributed by atoms with van der Waals surface area (Å²) in [6.45, 7) is 1.93. The first-order valence-corrected chi connectivity index (χ1v) is 10.2. The van der Waals surface area contributed by atoms with Gasteiger partial charge in [-0.1, -0.05) is 35.5 Å². The van der Waals surface area contributed by atoms with Gasteiger partial charge in [0.25, 0.3) is 5.56 Å². The standard InChI is InChI=1S/C22H24FN5O4/c1-2-32-22(31)19-15-28(26-25-19)14-17(23)8-10-27-11-9-18(13-21(27)30)24-20(29)12-16-6-4-3-5-7-16/h3-7,9,11,13,15,17H,2,8,10,12,14H2,1H3,(H,24,29). The smallest absolute Gasteiger partial charge is 0.360 e. The van der Waals surface area contributed by atoms with Crippen molar-refractivity contribution in [3.63, 3.8) is 0 Å². The number of benzene rings is 1. The van der Waals surface area contributed by atoms with E-state index in [1.165, 1.54) is 27.7 Å². The van der Waals surface area contributed by atoms with E-state index in [9.17, 15) is 18.8 Å². The summed E-state index contributed by atoms with van der Waals surface area (Å²) in [5.74, 6) is -0.844. The third-order valence-electron chi connectivity index (χ3n) is 4.58. The fourth-order valence-corrected chi connectivity index (χ4v) is 3.02. The van der Waals surface area contributed by atoms with Gasteiger partial charge in [-0.3, -0.25) is 9.59 Å². The van der Waals surface area contributed by atoms with Crippen LogP contribution in [0.2, 0.25) is 0 Å². The highest BCUT2D eigenvalue weighted by molar-refractivity contribution is 5.92. The second kappa shape index (κ2) is 11.0. The third-order valence-corrected chi connectivity index (χ3v) is 4.58. The molecule has 1 amide bonds. The van der Waals surface area contributed by atoms with Crippen LogP contribution in [0.4, 0.5) is 10.1 Å². The topological polar surface area (TPSA) is 108 Å². The number of anilines is 1. The van der Waals surface area contributed by atoms with Crippen LogP contribution in [0.5, 0.6) is 0 Å². The van der Waals surface area contributed by atoms with Gasteiger partial charge in [-0.2, -0.15) is 0 Å². The largest absolute Gasteiger partial charge is 0.461 e. The molecule has 32 heavy (non-hydrogen) atoms. The molecule has 9 nitrogen and oxygen atoms in total. The first-order valence-electron chi connectivity index (χ1n) is 10.2. The zero-order valence-electron chi connectivity index (χ0n) is 17.6. The van der Waals surface area contributed by atoms with Gasteiger partial charge in [0.2, 0.25) is 5.91 Å². The van der Waals surface area contributed by atoms with Crippen molar-refractivity contribution in [1.82, 2.24) is 19.6 Å². The molecule has 3 aromatic rings. The third kappa shape index (κ3) is 6.59. The number of hydrogen-bond donors (Lipinski definition) is 1. The van der Waals surface area contributed by atoms with Gasteiger partial charge in [0.15, 0.2) is 5.69 Å². The fourth-order valence-electron chi connectivity index (χ4n) is 3.02. The zero-order chi connectivity index (χ0) is 22.9. The normalized spacial score (nSPS) is 11.7. The Morgan fingerprint density at radius 3 is 2.72 bits per heavy atom. The van der Waals surface area contributed by atoms with Crippen molar-refractivity contribution in [2.45, 2.75) is 39.0 Å². The van der Waals surface area contributed by atoms with Crippen LogP contribution in [-0.2, 0) is 29.0 Å². The molecular weight excluding hydrogens is 417 g/mol. The predicted molar refractivity (Wildman–Crippen MR) is 115 cm³/mol. The maximum Gasteiger partial charge on any atom is 0.360 e. The van der Waals surface area contributed by atoms with Crippen LogP contribution in [0.15, 0.2) is 59.7 Å². The SMILES string of the molecule is CCOC(=O)c1cn(CC(F)CCn2ccc(NC(=O)Cc3ccccc3)cc2=O)nn1. The van der Waals surface area contributed by atoms with Crippen LogP contribution in [0.25, 0.3) is 0 Å². The number of carbonyl (C=O) groups is 2. The maximum absolute atomic E-state index is 14.3. The monoisotopic (exact) mass is 441 g/mol. The van der Waals surface area contributed by atoms with E-state index in [0.29, 0.717) is 5.69 Å². The van der Waals surface area contributed by atoms with Crippen molar-refractivity contribution in [1.29, 1.82) is 0 Å². The number of esters is 1. The van der Waals surface area contributed by atoms with Gasteiger partial charge < -0.3 is 14.6 Å². The van der Waals surface area contributed by atoms with Gasteiger partial charge in [-0.05, 0) is 25.0 Å². The van der Waals surface area contributed by atoms with Crippen LogP contribution in [0, 0.1) is 0 Å². The second-order valence-electron chi connectivity index (χ2n) is 7.09. The summed E-state index contributed by atoms with van der Waals surface area (Å²) in [4.78, 5) is 36.0. The molecule has 1 N–H and O–H groups in total. The first-order chi connectivity index (χ1) is 15.4. The number of ether oxygens (including phenoxy) is 1. The summed E-state index contributed by atoms with van der Waals surface area (Å²) >= 11 is 0. The van der Waals surface area contributed by atoms with E-state index >= 15 is 0 Å². The van der Waals surface area contributed by atoms with Gasteiger partial charge in [0, 0.05) is 24.5 Å². The molecule has 1 aromatic carbocycles. The Bertz CT molecular complexity index is 1110. The number of rotatable bonds is 10. The van der Waals surface area contributed by atoms with Crippen molar-refractivity contribution < 1.29 is 18.7 Å². The number of aryl methyl sites for hydroxylation is 1. The van der Waals surface area contributed by atoms with Crippen molar-refractivity contribution >= 4 is 17.6 Å². The van der Waals surface area contributed by atoms with E-state index in [2.05, 4.69) is 15.6 Å². The molecule has 2 aromatic heterocycles. The average Bonchev–Trinajstić information content (AvgIpc) is 3.22. The highest BCUT2D eigenvalue weighted by Gasteiger charge is 2.15. The number of nitrogens with zero attached hydrogens (tertiary/aromatic N) is 4. The maximum atomic E-state index is 14.3. The van der Waals surface area contributed by atoms with E-state index in [1.807, 2.05) is 30.3 Å². The number of carbonyl (C=O) groups excluding carboxylic acids is 2. The van der Waals surface area contributed by atoms with E-state index in [1.54, 1.807) is 13.0 Å². The van der Waals surface area contributed by atoms with Crippen molar-refractivity contribution in [3.8, 4) is 0 Å². The Kier molecular flexibility index (Phi) is 7.85. The minimum Gasteiger partial charge on any atom is -0.461 e. The van der Waals surface area contributed by atoms with Crippen LogP contribution in [-0.4, -0.2) is 44.2 Å². The summed E-state index contributed by atoms with van der Waals surface area (Å²) in [5, 5.41) is 10.1. The molecule has 0 saturated carbocycles. The predicted octanol–water partition coefficient (Wildman–Crippen LogP) is 2.23. The van der Waals surface area contributed by atoms with E-state index < -0.39 is 12.1 Å². The molecule has 1 unspecified atom stereocenters. The highest BCUT2D eigenvalue weighted by atomic mass is 19.1. The van der Waals surface area contributed by atoms with E-state index in [4.69, 9.17) is 4.74 Å². The molecule has 1 atom stereocenters. The molecule has 0 saturated heterocycles. The van der Waals surface area contributed by atoms with Crippen LogP contribution < -0.4 is 10.9 Å². The van der Waals surface area contributed by atoms with E-state index in [0.717, 1.165) is 5.56 Å². The van der Waals surface area contributed by atoms with Crippen LogP contribution in [0.3, 0.4) is 0 Å². The average molecular weight is 441 g/mol. The zero-order valence-corrected chi connectivity index (χ0v) is 17.6. The minimum absolute atomic E-state index is 0.0140. The lowest BCUT2D eigenvalue weighted by Crippen LogP contribution is -2.23. The molecule has 2 heterocycles. The van der Waals surface area contributed by atoms with Gasteiger partial charge in [-0.25, -0.2) is 13.9 Å². The fraction of sp³-hybridized carbons (Fsp3) is 0.318. The van der Waals surface area contributed by atoms with Crippen LogP contribution >= 0.6 is 0 Å². The Hall–Kier alpha value is -3.82. The molecule has 168 valence electrons. The summed E-state index contributed by atoms with van der Waals surface area (Å²) in [7, 11) is 0.